The van der Waals surface area contributed by atoms with Crippen molar-refractivity contribution in [1.29, 1.82) is 0 Å². The van der Waals surface area contributed by atoms with Gasteiger partial charge < -0.3 is 15.2 Å². The van der Waals surface area contributed by atoms with Gasteiger partial charge in [-0.25, -0.2) is 0 Å². The average molecular weight is 382 g/mol. The molecule has 2 rings (SSSR count). The maximum atomic E-state index is 12.0. The Kier molecular flexibility index (Phi) is 7.28. The number of methoxy groups -OCH3 is 1. The Balaban J connectivity index is 1.86. The van der Waals surface area contributed by atoms with Crippen LogP contribution in [0.1, 0.15) is 16.9 Å². The van der Waals surface area contributed by atoms with Crippen molar-refractivity contribution < 1.29 is 19.4 Å². The number of carbonyl (C=O) groups is 2. The van der Waals surface area contributed by atoms with E-state index in [9.17, 15) is 14.7 Å². The molecule has 0 saturated heterocycles. The number of carbonyl (C=O) groups excluding carboxylic acids is 1. The van der Waals surface area contributed by atoms with Gasteiger partial charge in [0.05, 0.1) is 17.4 Å². The Morgan fingerprint density at radius 2 is 2.04 bits per heavy atom. The molecular formula is C18H20ClNO4S. The summed E-state index contributed by atoms with van der Waals surface area (Å²) in [5, 5.41) is 12.1. The van der Waals surface area contributed by atoms with Gasteiger partial charge in [0.25, 0.3) is 0 Å². The first-order valence-electron chi connectivity index (χ1n) is 7.85. The Hall–Kier alpha value is -2.05. The Bertz CT molecular complexity index is 731. The number of para-hydroxylation sites is 1. The molecular weight excluding hydrogens is 362 g/mol. The lowest BCUT2D eigenvalue weighted by atomic mass is 9.98. The van der Waals surface area contributed by atoms with Gasteiger partial charge in [0, 0.05) is 17.8 Å². The van der Waals surface area contributed by atoms with E-state index in [0.717, 1.165) is 10.4 Å². The van der Waals surface area contributed by atoms with Crippen LogP contribution in [0.3, 0.4) is 0 Å². The van der Waals surface area contributed by atoms with Gasteiger partial charge in [-0.05, 0) is 36.6 Å². The summed E-state index contributed by atoms with van der Waals surface area (Å²) < 4.78 is 5.94. The lowest BCUT2D eigenvalue weighted by Crippen LogP contribution is -2.34. The molecule has 0 aliphatic rings. The minimum atomic E-state index is -0.948. The van der Waals surface area contributed by atoms with Crippen molar-refractivity contribution >= 4 is 34.8 Å². The number of ether oxygens (including phenoxy) is 1. The number of hydrogen-bond acceptors (Lipinski definition) is 4. The number of rotatable bonds is 9. The minimum absolute atomic E-state index is 0.0808. The molecule has 7 heteroatoms. The van der Waals surface area contributed by atoms with Crippen molar-refractivity contribution in [3.05, 3.63) is 51.2 Å². The first-order chi connectivity index (χ1) is 12.0. The average Bonchev–Trinajstić information content (AvgIpc) is 3.02. The Morgan fingerprint density at radius 1 is 1.28 bits per heavy atom. The first-order valence-corrected chi connectivity index (χ1v) is 9.04. The molecule has 0 saturated carbocycles. The summed E-state index contributed by atoms with van der Waals surface area (Å²) in [4.78, 5) is 24.5. The van der Waals surface area contributed by atoms with E-state index < -0.39 is 11.9 Å². The third kappa shape index (κ3) is 6.07. The normalized spacial score (nSPS) is 11.8. The maximum Gasteiger partial charge on any atom is 0.308 e. The molecule has 2 aromatic rings. The van der Waals surface area contributed by atoms with Crippen LogP contribution in [-0.2, 0) is 22.4 Å². The van der Waals surface area contributed by atoms with Crippen LogP contribution in [0.2, 0.25) is 4.34 Å². The summed E-state index contributed by atoms with van der Waals surface area (Å²) in [6.45, 7) is 0.0808. The summed E-state index contributed by atoms with van der Waals surface area (Å²) in [6.07, 6.45) is 1.19. The maximum absolute atomic E-state index is 12.0. The van der Waals surface area contributed by atoms with E-state index in [4.69, 9.17) is 16.3 Å². The SMILES string of the molecule is COc1ccccc1CC(CNC(=O)CCc1ccc(Cl)s1)C(=O)O. The lowest BCUT2D eigenvalue weighted by Gasteiger charge is -2.15. The molecule has 0 aliphatic carbocycles. The Labute approximate surface area is 155 Å². The number of benzene rings is 1. The minimum Gasteiger partial charge on any atom is -0.496 e. The third-order valence-electron chi connectivity index (χ3n) is 3.78. The highest BCUT2D eigenvalue weighted by Crippen LogP contribution is 2.23. The van der Waals surface area contributed by atoms with Crippen molar-refractivity contribution in [1.82, 2.24) is 5.32 Å². The van der Waals surface area contributed by atoms with E-state index in [1.54, 1.807) is 19.2 Å². The van der Waals surface area contributed by atoms with Crippen molar-refractivity contribution in [2.75, 3.05) is 13.7 Å². The van der Waals surface area contributed by atoms with Gasteiger partial charge in [0.1, 0.15) is 5.75 Å². The molecule has 5 nitrogen and oxygen atoms in total. The summed E-state index contributed by atoms with van der Waals surface area (Å²) >= 11 is 7.30. The van der Waals surface area contributed by atoms with Crippen molar-refractivity contribution in [2.24, 2.45) is 5.92 Å². The molecule has 1 aromatic heterocycles. The largest absolute Gasteiger partial charge is 0.496 e. The fraction of sp³-hybridized carbons (Fsp3) is 0.333. The zero-order valence-electron chi connectivity index (χ0n) is 13.8. The van der Waals surface area contributed by atoms with Crippen LogP contribution in [0.4, 0.5) is 0 Å². The molecule has 2 N–H and O–H groups in total. The van der Waals surface area contributed by atoms with Crippen molar-refractivity contribution in [2.45, 2.75) is 19.3 Å². The van der Waals surface area contributed by atoms with Gasteiger partial charge in [-0.1, -0.05) is 29.8 Å². The van der Waals surface area contributed by atoms with Crippen LogP contribution in [0.5, 0.6) is 5.75 Å². The smallest absolute Gasteiger partial charge is 0.308 e. The molecule has 0 radical (unpaired) electrons. The molecule has 0 bridgehead atoms. The van der Waals surface area contributed by atoms with E-state index in [2.05, 4.69) is 5.32 Å². The van der Waals surface area contributed by atoms with Crippen molar-refractivity contribution in [3.8, 4) is 5.75 Å². The van der Waals surface area contributed by atoms with Gasteiger partial charge in [-0.2, -0.15) is 0 Å². The third-order valence-corrected chi connectivity index (χ3v) is 5.07. The van der Waals surface area contributed by atoms with Gasteiger partial charge in [0.2, 0.25) is 5.91 Å². The van der Waals surface area contributed by atoms with Crippen molar-refractivity contribution in [3.63, 3.8) is 0 Å². The van der Waals surface area contributed by atoms with Gasteiger partial charge in [-0.15, -0.1) is 11.3 Å². The molecule has 25 heavy (non-hydrogen) atoms. The van der Waals surface area contributed by atoms with Gasteiger partial charge >= 0.3 is 5.97 Å². The highest BCUT2D eigenvalue weighted by Gasteiger charge is 2.20. The molecule has 1 atom stereocenters. The van der Waals surface area contributed by atoms with E-state index in [0.29, 0.717) is 29.3 Å². The van der Waals surface area contributed by atoms with Crippen LogP contribution < -0.4 is 10.1 Å². The summed E-state index contributed by atoms with van der Waals surface area (Å²) in [7, 11) is 1.55. The molecule has 134 valence electrons. The zero-order valence-corrected chi connectivity index (χ0v) is 15.4. The quantitative estimate of drug-likeness (QED) is 0.698. The van der Waals surface area contributed by atoms with Gasteiger partial charge in [-0.3, -0.25) is 9.59 Å². The predicted octanol–water partition coefficient (Wildman–Crippen LogP) is 3.40. The summed E-state index contributed by atoms with van der Waals surface area (Å²) in [5.41, 5.74) is 0.805. The lowest BCUT2D eigenvalue weighted by molar-refractivity contribution is -0.141. The number of halogens is 1. The van der Waals surface area contributed by atoms with Crippen LogP contribution in [0.25, 0.3) is 0 Å². The summed E-state index contributed by atoms with van der Waals surface area (Å²) in [5.74, 6) is -1.18. The fourth-order valence-corrected chi connectivity index (χ4v) is 3.52. The summed E-state index contributed by atoms with van der Waals surface area (Å²) in [6, 6.07) is 11.0. The number of hydrogen-bond donors (Lipinski definition) is 2. The first kappa shape index (κ1) is 19.3. The number of amides is 1. The molecule has 0 aliphatic heterocycles. The highest BCUT2D eigenvalue weighted by atomic mass is 35.5. The predicted molar refractivity (Wildman–Crippen MR) is 98.5 cm³/mol. The number of aliphatic carboxylic acids is 1. The Morgan fingerprint density at radius 3 is 2.68 bits per heavy atom. The molecule has 1 amide bonds. The highest BCUT2D eigenvalue weighted by molar-refractivity contribution is 7.16. The number of carboxylic acid groups (broad SMARTS) is 1. The van der Waals surface area contributed by atoms with E-state index in [-0.39, 0.29) is 12.5 Å². The van der Waals surface area contributed by atoms with E-state index in [1.165, 1.54) is 11.3 Å². The second-order valence-electron chi connectivity index (χ2n) is 5.56. The number of thiophene rings is 1. The topological polar surface area (TPSA) is 75.6 Å². The van der Waals surface area contributed by atoms with E-state index >= 15 is 0 Å². The number of nitrogens with one attached hydrogen (secondary N) is 1. The molecule has 1 aromatic carbocycles. The molecule has 0 fully saturated rings. The van der Waals surface area contributed by atoms with Crippen LogP contribution >= 0.6 is 22.9 Å². The second-order valence-corrected chi connectivity index (χ2v) is 7.36. The second kappa shape index (κ2) is 9.44. The number of aryl methyl sites for hydroxylation is 1. The van der Waals surface area contributed by atoms with Crippen LogP contribution in [-0.4, -0.2) is 30.6 Å². The number of carboxylic acids is 1. The standard InChI is InChI=1S/C18H20ClNO4S/c1-24-15-5-3-2-4-12(15)10-13(18(22)23)11-20-17(21)9-7-14-6-8-16(19)25-14/h2-6,8,13H,7,9-11H2,1H3,(H,20,21)(H,22,23). The van der Waals surface area contributed by atoms with E-state index in [1.807, 2.05) is 24.3 Å². The molecule has 0 spiro atoms. The van der Waals surface area contributed by atoms with Crippen LogP contribution in [0, 0.1) is 5.92 Å². The molecule has 1 unspecified atom stereocenters. The molecule has 1 heterocycles. The van der Waals surface area contributed by atoms with Crippen LogP contribution in [0.15, 0.2) is 36.4 Å². The fourth-order valence-electron chi connectivity index (χ4n) is 2.43. The monoisotopic (exact) mass is 381 g/mol. The van der Waals surface area contributed by atoms with Gasteiger partial charge in [0.15, 0.2) is 0 Å². The zero-order chi connectivity index (χ0) is 18.2.